The van der Waals surface area contributed by atoms with Crippen LogP contribution in [0.15, 0.2) is 48.5 Å². The van der Waals surface area contributed by atoms with Crippen LogP contribution >= 0.6 is 24.8 Å². The van der Waals surface area contributed by atoms with E-state index < -0.39 is 0 Å². The van der Waals surface area contributed by atoms with Crippen LogP contribution in [0.3, 0.4) is 0 Å². The van der Waals surface area contributed by atoms with Gasteiger partial charge in [0.1, 0.15) is 5.75 Å². The summed E-state index contributed by atoms with van der Waals surface area (Å²) in [5, 5.41) is 10.4. The molecule has 3 rings (SSSR count). The van der Waals surface area contributed by atoms with Crippen molar-refractivity contribution in [2.24, 2.45) is 5.92 Å². The molecule has 1 aliphatic heterocycles. The molecule has 2 aromatic rings. The molecule has 3 N–H and O–H groups in total. The van der Waals surface area contributed by atoms with E-state index in [0.29, 0.717) is 18.6 Å². The Labute approximate surface area is 204 Å². The van der Waals surface area contributed by atoms with E-state index in [1.165, 1.54) is 5.56 Å². The molecular formula is C25H37Cl2N3O2. The lowest BCUT2D eigenvalue weighted by Gasteiger charge is -2.34. The Morgan fingerprint density at radius 1 is 1.09 bits per heavy atom. The molecule has 32 heavy (non-hydrogen) atoms. The standard InChI is InChI=1S/C25H35N3O2.2ClH/c1-17(2)25(29)28-21-12-13-23(30-18(3)4)20(15-21)16-27-22-11-8-14-26-24(22)19-9-6-5-7-10-19;;/h5-7,9-10,12-13,15,17-18,22,24,26-27H,8,11,14,16H2,1-4H3,(H,28,29);2*1H/t22-,24-;;/m0../s1. The second kappa shape index (κ2) is 13.7. The summed E-state index contributed by atoms with van der Waals surface area (Å²) in [4.78, 5) is 12.1. The van der Waals surface area contributed by atoms with Crippen LogP contribution in [0.25, 0.3) is 0 Å². The topological polar surface area (TPSA) is 62.4 Å². The molecule has 0 spiro atoms. The second-order valence-corrected chi connectivity index (χ2v) is 8.61. The molecule has 1 saturated heterocycles. The van der Waals surface area contributed by atoms with Crippen molar-refractivity contribution in [1.82, 2.24) is 10.6 Å². The molecule has 0 radical (unpaired) electrons. The van der Waals surface area contributed by atoms with Crippen LogP contribution in [-0.4, -0.2) is 24.6 Å². The highest BCUT2D eigenvalue weighted by Crippen LogP contribution is 2.27. The van der Waals surface area contributed by atoms with Crippen molar-refractivity contribution < 1.29 is 9.53 Å². The van der Waals surface area contributed by atoms with Gasteiger partial charge < -0.3 is 20.7 Å². The molecule has 178 valence electrons. The maximum absolute atomic E-state index is 12.1. The molecule has 0 bridgehead atoms. The van der Waals surface area contributed by atoms with Gasteiger partial charge in [-0.25, -0.2) is 0 Å². The van der Waals surface area contributed by atoms with E-state index >= 15 is 0 Å². The molecule has 0 saturated carbocycles. The number of piperidine rings is 1. The average Bonchev–Trinajstić information content (AvgIpc) is 2.74. The first-order valence-corrected chi connectivity index (χ1v) is 11.1. The van der Waals surface area contributed by atoms with E-state index in [1.54, 1.807) is 0 Å². The van der Waals surface area contributed by atoms with Gasteiger partial charge in [-0.05, 0) is 57.0 Å². The highest BCUT2D eigenvalue weighted by molar-refractivity contribution is 5.92. The van der Waals surface area contributed by atoms with Crippen LogP contribution in [-0.2, 0) is 11.3 Å². The van der Waals surface area contributed by atoms with Gasteiger partial charge in [0.2, 0.25) is 5.91 Å². The van der Waals surface area contributed by atoms with Crippen molar-refractivity contribution in [2.45, 2.75) is 65.3 Å². The summed E-state index contributed by atoms with van der Waals surface area (Å²) in [6, 6.07) is 17.1. The molecule has 1 aliphatic rings. The van der Waals surface area contributed by atoms with Gasteiger partial charge in [0, 0.05) is 35.8 Å². The molecule has 0 unspecified atom stereocenters. The zero-order chi connectivity index (χ0) is 21.5. The van der Waals surface area contributed by atoms with Crippen molar-refractivity contribution in [2.75, 3.05) is 11.9 Å². The van der Waals surface area contributed by atoms with Gasteiger partial charge in [-0.3, -0.25) is 4.79 Å². The molecule has 1 amide bonds. The first kappa shape index (κ1) is 28.2. The Morgan fingerprint density at radius 3 is 2.47 bits per heavy atom. The van der Waals surface area contributed by atoms with Gasteiger partial charge in [0.15, 0.2) is 0 Å². The largest absolute Gasteiger partial charge is 0.491 e. The molecule has 0 aromatic heterocycles. The van der Waals surface area contributed by atoms with E-state index in [0.717, 1.165) is 36.4 Å². The number of rotatable bonds is 8. The number of benzene rings is 2. The average molecular weight is 482 g/mol. The summed E-state index contributed by atoms with van der Waals surface area (Å²) < 4.78 is 6.04. The number of hydrogen-bond acceptors (Lipinski definition) is 4. The minimum absolute atomic E-state index is 0. The van der Waals surface area contributed by atoms with Crippen LogP contribution in [0.2, 0.25) is 0 Å². The smallest absolute Gasteiger partial charge is 0.226 e. The number of anilines is 1. The first-order chi connectivity index (χ1) is 14.4. The minimum Gasteiger partial charge on any atom is -0.491 e. The van der Waals surface area contributed by atoms with Gasteiger partial charge in [0.25, 0.3) is 0 Å². The predicted molar refractivity (Wildman–Crippen MR) is 137 cm³/mol. The van der Waals surface area contributed by atoms with Crippen molar-refractivity contribution >= 4 is 36.4 Å². The van der Waals surface area contributed by atoms with Gasteiger partial charge >= 0.3 is 0 Å². The Hall–Kier alpha value is -1.79. The van der Waals surface area contributed by atoms with Crippen molar-refractivity contribution in [3.8, 4) is 5.75 Å². The summed E-state index contributed by atoms with van der Waals surface area (Å²) in [5.74, 6) is 0.824. The zero-order valence-corrected chi connectivity index (χ0v) is 21.0. The summed E-state index contributed by atoms with van der Waals surface area (Å²) in [6.07, 6.45) is 2.37. The number of nitrogens with one attached hydrogen (secondary N) is 3. The van der Waals surface area contributed by atoms with Crippen LogP contribution in [0.1, 0.15) is 57.7 Å². The fourth-order valence-electron chi connectivity index (χ4n) is 3.81. The Bertz CT molecular complexity index is 831. The lowest BCUT2D eigenvalue weighted by molar-refractivity contribution is -0.118. The quantitative estimate of drug-likeness (QED) is 0.465. The van der Waals surface area contributed by atoms with Gasteiger partial charge in [-0.1, -0.05) is 44.2 Å². The van der Waals surface area contributed by atoms with Crippen LogP contribution < -0.4 is 20.7 Å². The molecule has 1 fully saturated rings. The van der Waals surface area contributed by atoms with Crippen LogP contribution in [0.4, 0.5) is 5.69 Å². The monoisotopic (exact) mass is 481 g/mol. The number of carbonyl (C=O) groups is 1. The molecule has 0 aliphatic carbocycles. The Morgan fingerprint density at radius 2 is 1.81 bits per heavy atom. The molecule has 2 aromatic carbocycles. The lowest BCUT2D eigenvalue weighted by atomic mass is 9.92. The molecule has 5 nitrogen and oxygen atoms in total. The first-order valence-electron chi connectivity index (χ1n) is 11.1. The van der Waals surface area contributed by atoms with E-state index in [1.807, 2.05) is 45.9 Å². The van der Waals surface area contributed by atoms with Gasteiger partial charge in [-0.15, -0.1) is 24.8 Å². The van der Waals surface area contributed by atoms with Gasteiger partial charge in [0.05, 0.1) is 6.10 Å². The minimum atomic E-state index is -0.0573. The molecule has 1 heterocycles. The zero-order valence-electron chi connectivity index (χ0n) is 19.4. The third kappa shape index (κ3) is 7.96. The number of hydrogen-bond donors (Lipinski definition) is 3. The SMILES string of the molecule is CC(C)Oc1ccc(NC(=O)C(C)C)cc1CN[C@H]1CCCN[C@H]1c1ccccc1.Cl.Cl. The fraction of sp³-hybridized carbons (Fsp3) is 0.480. The van der Waals surface area contributed by atoms with Gasteiger partial charge in [-0.2, -0.15) is 0 Å². The Balaban J connectivity index is 0.00000256. The van der Waals surface area contributed by atoms with Crippen LogP contribution in [0.5, 0.6) is 5.75 Å². The maximum Gasteiger partial charge on any atom is 0.226 e. The maximum atomic E-state index is 12.1. The second-order valence-electron chi connectivity index (χ2n) is 8.61. The summed E-state index contributed by atoms with van der Waals surface area (Å²) in [6.45, 7) is 9.57. The van der Waals surface area contributed by atoms with E-state index in [4.69, 9.17) is 4.74 Å². The number of ether oxygens (including phenoxy) is 1. The summed E-state index contributed by atoms with van der Waals surface area (Å²) in [7, 11) is 0. The Kier molecular flexibility index (Phi) is 12.1. The normalized spacial score (nSPS) is 17.9. The fourth-order valence-corrected chi connectivity index (χ4v) is 3.81. The predicted octanol–water partition coefficient (Wildman–Crippen LogP) is 5.49. The third-order valence-corrected chi connectivity index (χ3v) is 5.39. The van der Waals surface area contributed by atoms with E-state index in [-0.39, 0.29) is 42.7 Å². The molecule has 7 heteroatoms. The molecule has 2 atom stereocenters. The lowest BCUT2D eigenvalue weighted by Crippen LogP contribution is -2.45. The van der Waals surface area contributed by atoms with E-state index in [9.17, 15) is 4.79 Å². The highest BCUT2D eigenvalue weighted by atomic mass is 35.5. The summed E-state index contributed by atoms with van der Waals surface area (Å²) >= 11 is 0. The van der Waals surface area contributed by atoms with E-state index in [2.05, 4.69) is 46.3 Å². The molecular weight excluding hydrogens is 445 g/mol. The van der Waals surface area contributed by atoms with Crippen molar-refractivity contribution in [3.05, 3.63) is 59.7 Å². The number of halogens is 2. The number of amides is 1. The number of carbonyl (C=O) groups excluding carboxylic acids is 1. The highest BCUT2D eigenvalue weighted by Gasteiger charge is 2.26. The van der Waals surface area contributed by atoms with Crippen molar-refractivity contribution in [1.29, 1.82) is 0 Å². The van der Waals surface area contributed by atoms with Crippen molar-refractivity contribution in [3.63, 3.8) is 0 Å². The summed E-state index contributed by atoms with van der Waals surface area (Å²) in [5.41, 5.74) is 3.18. The third-order valence-electron chi connectivity index (χ3n) is 5.39. The van der Waals surface area contributed by atoms with Crippen LogP contribution in [0, 0.1) is 5.92 Å².